The predicted octanol–water partition coefficient (Wildman–Crippen LogP) is 4.87. The van der Waals surface area contributed by atoms with Crippen molar-refractivity contribution in [1.82, 2.24) is 0 Å². The summed E-state index contributed by atoms with van der Waals surface area (Å²) < 4.78 is 28.3. The van der Waals surface area contributed by atoms with Crippen molar-refractivity contribution in [3.05, 3.63) is 109 Å². The van der Waals surface area contributed by atoms with Gasteiger partial charge in [0.25, 0.3) is 33.2 Å². The van der Waals surface area contributed by atoms with Gasteiger partial charge in [0.05, 0.1) is 20.4 Å². The number of anilines is 2. The second-order valence-corrected chi connectivity index (χ2v) is 10.6. The van der Waals surface area contributed by atoms with E-state index in [4.69, 9.17) is 0 Å². The van der Waals surface area contributed by atoms with Gasteiger partial charge in [0.2, 0.25) is 0 Å². The van der Waals surface area contributed by atoms with Crippen molar-refractivity contribution in [1.29, 1.82) is 0 Å². The Bertz CT molecular complexity index is 1800. The number of nitro benzene ring substituents is 2. The van der Waals surface area contributed by atoms with Gasteiger partial charge in [-0.15, -0.1) is 0 Å². The highest BCUT2D eigenvalue weighted by molar-refractivity contribution is 7.92. The van der Waals surface area contributed by atoms with Crippen LogP contribution < -0.4 is 9.62 Å². The molecule has 0 aliphatic carbocycles. The molecule has 5 rings (SSSR count). The van der Waals surface area contributed by atoms with Gasteiger partial charge < -0.3 is 0 Å². The van der Waals surface area contributed by atoms with Gasteiger partial charge in [-0.25, -0.2) is 13.3 Å². The summed E-state index contributed by atoms with van der Waals surface area (Å²) in [5.41, 5.74) is 0.828. The summed E-state index contributed by atoms with van der Waals surface area (Å²) in [6.45, 7) is 3.75. The molecule has 13 heteroatoms. The van der Waals surface area contributed by atoms with E-state index in [0.29, 0.717) is 5.69 Å². The second-order valence-electron chi connectivity index (χ2n) is 8.87. The Kier molecular flexibility index (Phi) is 5.87. The van der Waals surface area contributed by atoms with Crippen LogP contribution in [0.15, 0.2) is 71.6 Å². The lowest BCUT2D eigenvalue weighted by Crippen LogP contribution is -2.40. The number of rotatable bonds is 6. The summed E-state index contributed by atoms with van der Waals surface area (Å²) in [6, 6.07) is 14.4. The van der Waals surface area contributed by atoms with E-state index in [1.807, 2.05) is 13.8 Å². The molecule has 0 bridgehead atoms. The number of nitrogens with one attached hydrogen (secondary N) is 1. The number of amides is 2. The van der Waals surface area contributed by atoms with Crippen LogP contribution in [0.5, 0.6) is 0 Å². The first kappa shape index (κ1) is 25.5. The largest absolute Gasteiger partial charge is 0.284 e. The van der Waals surface area contributed by atoms with E-state index in [-0.39, 0.29) is 27.1 Å². The van der Waals surface area contributed by atoms with Gasteiger partial charge in [0.15, 0.2) is 0 Å². The van der Waals surface area contributed by atoms with Gasteiger partial charge >= 0.3 is 0 Å². The van der Waals surface area contributed by atoms with Crippen molar-refractivity contribution >= 4 is 55.4 Å². The molecule has 1 N–H and O–H groups in total. The highest BCUT2D eigenvalue weighted by Crippen LogP contribution is 2.41. The number of hydrogen-bond acceptors (Lipinski definition) is 8. The number of carbonyl (C=O) groups excluding carboxylic acids is 2. The fourth-order valence-electron chi connectivity index (χ4n) is 4.48. The maximum absolute atomic E-state index is 13.4. The molecule has 1 aliphatic heterocycles. The zero-order valence-corrected chi connectivity index (χ0v) is 21.2. The summed E-state index contributed by atoms with van der Waals surface area (Å²) in [6.07, 6.45) is 0. The number of imide groups is 1. The van der Waals surface area contributed by atoms with E-state index in [1.165, 1.54) is 24.3 Å². The van der Waals surface area contributed by atoms with E-state index >= 15 is 0 Å². The van der Waals surface area contributed by atoms with Crippen LogP contribution in [-0.4, -0.2) is 30.1 Å². The molecule has 12 nitrogen and oxygen atoms in total. The molecule has 0 unspecified atom stereocenters. The third kappa shape index (κ3) is 4.14. The maximum Gasteiger partial charge on any atom is 0.284 e. The minimum Gasteiger partial charge on any atom is -0.280 e. The molecule has 0 saturated heterocycles. The molecule has 196 valence electrons. The van der Waals surface area contributed by atoms with Crippen LogP contribution >= 0.6 is 0 Å². The highest BCUT2D eigenvalue weighted by Gasteiger charge is 2.38. The standard InChI is InChI=1S/C26H18N4O8S/c1-14-3-4-16(13-15(14)2)27-39(37,38)18-7-5-17(6-8-18)28-25(31)19-9-11-21(29(33)34)24-22(30(35)36)12-10-20(23(19)24)26(28)32/h3-13,27H,1-2H3. The Morgan fingerprint density at radius 1 is 0.718 bits per heavy atom. The second kappa shape index (κ2) is 8.99. The molecular formula is C26H18N4O8S. The normalized spacial score (nSPS) is 13.0. The van der Waals surface area contributed by atoms with Crippen LogP contribution in [0.2, 0.25) is 0 Å². The zero-order valence-electron chi connectivity index (χ0n) is 20.4. The molecular weight excluding hydrogens is 528 g/mol. The average molecular weight is 547 g/mol. The number of nitro groups is 2. The van der Waals surface area contributed by atoms with Gasteiger partial charge in [-0.3, -0.25) is 34.5 Å². The summed E-state index contributed by atoms with van der Waals surface area (Å²) in [4.78, 5) is 49.0. The third-order valence-corrected chi connectivity index (χ3v) is 7.94. The molecule has 1 heterocycles. The molecule has 4 aromatic carbocycles. The molecule has 0 saturated carbocycles. The molecule has 0 spiro atoms. The van der Waals surface area contributed by atoms with E-state index < -0.39 is 48.4 Å². The molecule has 0 radical (unpaired) electrons. The number of hydrogen-bond donors (Lipinski definition) is 1. The average Bonchev–Trinajstić information content (AvgIpc) is 2.88. The van der Waals surface area contributed by atoms with Gasteiger partial charge in [0.1, 0.15) is 5.39 Å². The van der Waals surface area contributed by atoms with Crippen LogP contribution in [0.25, 0.3) is 10.8 Å². The lowest BCUT2D eigenvalue weighted by atomic mass is 9.91. The quantitative estimate of drug-likeness (QED) is 0.203. The first-order valence-corrected chi connectivity index (χ1v) is 12.9. The van der Waals surface area contributed by atoms with E-state index in [1.54, 1.807) is 18.2 Å². The Hall–Kier alpha value is -5.17. The first-order valence-electron chi connectivity index (χ1n) is 11.4. The molecule has 0 aromatic heterocycles. The fraction of sp³-hybridized carbons (Fsp3) is 0.0769. The molecule has 1 aliphatic rings. The molecule has 0 atom stereocenters. The van der Waals surface area contributed by atoms with Crippen LogP contribution in [-0.2, 0) is 10.0 Å². The van der Waals surface area contributed by atoms with Crippen molar-refractivity contribution < 1.29 is 27.9 Å². The molecule has 2 amide bonds. The van der Waals surface area contributed by atoms with E-state index in [9.17, 15) is 38.2 Å². The smallest absolute Gasteiger partial charge is 0.280 e. The lowest BCUT2D eigenvalue weighted by molar-refractivity contribution is -0.390. The topological polar surface area (TPSA) is 170 Å². The van der Waals surface area contributed by atoms with Crippen molar-refractivity contribution in [3.8, 4) is 0 Å². The first-order chi connectivity index (χ1) is 18.4. The molecule has 4 aromatic rings. The summed E-state index contributed by atoms with van der Waals surface area (Å²) in [5, 5.41) is 22.6. The Morgan fingerprint density at radius 3 is 1.74 bits per heavy atom. The molecule has 39 heavy (non-hydrogen) atoms. The van der Waals surface area contributed by atoms with Crippen molar-refractivity contribution in [2.45, 2.75) is 18.7 Å². The van der Waals surface area contributed by atoms with Gasteiger partial charge in [-0.1, -0.05) is 6.07 Å². The summed E-state index contributed by atoms with van der Waals surface area (Å²) in [7, 11) is -3.99. The number of carbonyl (C=O) groups is 2. The number of sulfonamides is 1. The van der Waals surface area contributed by atoms with Crippen molar-refractivity contribution in [2.75, 3.05) is 9.62 Å². The SMILES string of the molecule is Cc1ccc(NS(=O)(=O)c2ccc(N3C(=O)c4ccc([N+](=O)[O-])c5c([N+](=O)[O-])ccc(c45)C3=O)cc2)cc1C. The number of nitrogens with zero attached hydrogens (tertiary/aromatic N) is 3. The number of benzene rings is 4. The third-order valence-electron chi connectivity index (χ3n) is 6.54. The Labute approximate surface area is 220 Å². The Balaban J connectivity index is 1.54. The maximum atomic E-state index is 13.4. The summed E-state index contributed by atoms with van der Waals surface area (Å²) >= 11 is 0. The lowest BCUT2D eigenvalue weighted by Gasteiger charge is -2.27. The monoisotopic (exact) mass is 546 g/mol. The highest BCUT2D eigenvalue weighted by atomic mass is 32.2. The van der Waals surface area contributed by atoms with Gasteiger partial charge in [0, 0.05) is 34.3 Å². The minimum atomic E-state index is -3.99. The Morgan fingerprint density at radius 2 is 1.26 bits per heavy atom. The zero-order chi connectivity index (χ0) is 28.2. The van der Waals surface area contributed by atoms with Crippen molar-refractivity contribution in [3.63, 3.8) is 0 Å². The summed E-state index contributed by atoms with van der Waals surface area (Å²) in [5.74, 6) is -1.73. The van der Waals surface area contributed by atoms with Gasteiger partial charge in [-0.2, -0.15) is 0 Å². The fourth-order valence-corrected chi connectivity index (χ4v) is 5.53. The van der Waals surface area contributed by atoms with E-state index in [0.717, 1.165) is 40.3 Å². The van der Waals surface area contributed by atoms with Crippen LogP contribution in [0, 0.1) is 34.1 Å². The predicted molar refractivity (Wildman–Crippen MR) is 142 cm³/mol. The molecule has 0 fully saturated rings. The van der Waals surface area contributed by atoms with Crippen molar-refractivity contribution in [2.24, 2.45) is 0 Å². The van der Waals surface area contributed by atoms with Gasteiger partial charge in [-0.05, 0) is 73.5 Å². The van der Waals surface area contributed by atoms with Crippen LogP contribution in [0.3, 0.4) is 0 Å². The number of aryl methyl sites for hydroxylation is 2. The number of non-ortho nitro benzene ring substituents is 2. The minimum absolute atomic E-state index is 0.0469. The van der Waals surface area contributed by atoms with E-state index in [2.05, 4.69) is 4.72 Å². The van der Waals surface area contributed by atoms with Crippen LogP contribution in [0.1, 0.15) is 31.8 Å². The van der Waals surface area contributed by atoms with Crippen LogP contribution in [0.4, 0.5) is 22.7 Å².